The largest absolute Gasteiger partial charge is 0.492 e. The molecule has 19 heavy (non-hydrogen) atoms. The highest BCUT2D eigenvalue weighted by Gasteiger charge is 2.14. The van der Waals surface area contributed by atoms with Crippen LogP contribution in [0, 0.1) is 5.92 Å². The summed E-state index contributed by atoms with van der Waals surface area (Å²) in [5.74, 6) is 0.953. The Bertz CT molecular complexity index is 428. The summed E-state index contributed by atoms with van der Waals surface area (Å²) in [6, 6.07) is 5.80. The molecule has 0 bridgehead atoms. The van der Waals surface area contributed by atoms with Gasteiger partial charge in [0.05, 0.1) is 12.2 Å². The molecule has 1 aliphatic heterocycles. The molecule has 0 saturated carbocycles. The molecule has 1 unspecified atom stereocenters. The van der Waals surface area contributed by atoms with E-state index in [9.17, 15) is 4.79 Å². The van der Waals surface area contributed by atoms with E-state index in [-0.39, 0.29) is 5.92 Å². The number of aldehydes is 1. The van der Waals surface area contributed by atoms with E-state index >= 15 is 0 Å². The number of ether oxygens (including phenoxy) is 1. The molecule has 4 nitrogen and oxygen atoms in total. The summed E-state index contributed by atoms with van der Waals surface area (Å²) in [6.07, 6.45) is 3.31. The Morgan fingerprint density at radius 1 is 1.42 bits per heavy atom. The lowest BCUT2D eigenvalue weighted by molar-refractivity contribution is 0.111. The molecule has 2 rings (SSSR count). The first kappa shape index (κ1) is 13.9. The van der Waals surface area contributed by atoms with Gasteiger partial charge in [0, 0.05) is 30.8 Å². The molecule has 1 aromatic carbocycles. The van der Waals surface area contributed by atoms with Crippen molar-refractivity contribution in [2.45, 2.75) is 19.8 Å². The van der Waals surface area contributed by atoms with Crippen LogP contribution in [0.1, 0.15) is 30.1 Å². The molecular weight excluding hydrogens is 240 g/mol. The molecule has 104 valence electrons. The molecule has 1 heterocycles. The van der Waals surface area contributed by atoms with Gasteiger partial charge in [-0.25, -0.2) is 0 Å². The van der Waals surface area contributed by atoms with Crippen LogP contribution in [0.2, 0.25) is 0 Å². The first-order chi connectivity index (χ1) is 9.24. The van der Waals surface area contributed by atoms with Crippen molar-refractivity contribution in [1.82, 2.24) is 0 Å². The van der Waals surface area contributed by atoms with Gasteiger partial charge in [0.2, 0.25) is 0 Å². The number of nitrogens with zero attached hydrogens (tertiary/aromatic N) is 1. The van der Waals surface area contributed by atoms with E-state index in [0.717, 1.165) is 25.1 Å². The van der Waals surface area contributed by atoms with E-state index in [1.807, 2.05) is 25.1 Å². The molecule has 4 heteroatoms. The molecular formula is C15H22N2O2. The van der Waals surface area contributed by atoms with Gasteiger partial charge in [-0.1, -0.05) is 6.92 Å². The van der Waals surface area contributed by atoms with Crippen LogP contribution in [-0.4, -0.2) is 32.5 Å². The molecule has 1 fully saturated rings. The number of carbonyl (C=O) groups excluding carboxylic acids is 1. The second kappa shape index (κ2) is 6.57. The molecule has 0 aromatic heterocycles. The van der Waals surface area contributed by atoms with Gasteiger partial charge in [-0.15, -0.1) is 0 Å². The number of nitrogens with two attached hydrogens (primary N) is 1. The fourth-order valence-corrected chi connectivity index (χ4v) is 2.22. The summed E-state index contributed by atoms with van der Waals surface area (Å²) in [4.78, 5) is 13.4. The summed E-state index contributed by atoms with van der Waals surface area (Å²) in [6.45, 7) is 5.33. The van der Waals surface area contributed by atoms with Crippen molar-refractivity contribution in [3.05, 3.63) is 23.8 Å². The Kier molecular flexibility index (Phi) is 4.80. The third-order valence-corrected chi connectivity index (χ3v) is 3.52. The molecule has 1 aliphatic rings. The van der Waals surface area contributed by atoms with Crippen LogP contribution in [0.25, 0.3) is 0 Å². The van der Waals surface area contributed by atoms with E-state index < -0.39 is 0 Å². The minimum absolute atomic E-state index is 0.287. The average molecular weight is 262 g/mol. The van der Waals surface area contributed by atoms with Crippen LogP contribution in [0.4, 0.5) is 5.69 Å². The Hall–Kier alpha value is -1.55. The van der Waals surface area contributed by atoms with Gasteiger partial charge in [-0.05, 0) is 31.5 Å². The van der Waals surface area contributed by atoms with Crippen LogP contribution in [0.3, 0.4) is 0 Å². The molecule has 2 N–H and O–H groups in total. The predicted octanol–water partition coefficient (Wildman–Crippen LogP) is 2.07. The predicted molar refractivity (Wildman–Crippen MR) is 77.0 cm³/mol. The first-order valence-corrected chi connectivity index (χ1v) is 6.91. The van der Waals surface area contributed by atoms with E-state index in [1.54, 1.807) is 0 Å². The van der Waals surface area contributed by atoms with Crippen LogP contribution in [0.5, 0.6) is 5.75 Å². The number of hydrogen-bond donors (Lipinski definition) is 1. The van der Waals surface area contributed by atoms with Crippen molar-refractivity contribution < 1.29 is 9.53 Å². The highest BCUT2D eigenvalue weighted by Crippen LogP contribution is 2.27. The zero-order valence-corrected chi connectivity index (χ0v) is 11.5. The number of anilines is 1. The maximum absolute atomic E-state index is 11.1. The van der Waals surface area contributed by atoms with Gasteiger partial charge in [0.15, 0.2) is 6.29 Å². The van der Waals surface area contributed by atoms with Gasteiger partial charge in [0.1, 0.15) is 5.75 Å². The topological polar surface area (TPSA) is 55.6 Å². The summed E-state index contributed by atoms with van der Waals surface area (Å²) in [7, 11) is 0. The number of hydrogen-bond acceptors (Lipinski definition) is 4. The fourth-order valence-electron chi connectivity index (χ4n) is 2.22. The lowest BCUT2D eigenvalue weighted by Crippen LogP contribution is -2.20. The number of rotatable bonds is 6. The summed E-state index contributed by atoms with van der Waals surface area (Å²) >= 11 is 0. The van der Waals surface area contributed by atoms with E-state index in [0.29, 0.717) is 24.5 Å². The van der Waals surface area contributed by atoms with Gasteiger partial charge in [-0.2, -0.15) is 0 Å². The van der Waals surface area contributed by atoms with Crippen LogP contribution in [0.15, 0.2) is 18.2 Å². The van der Waals surface area contributed by atoms with Crippen LogP contribution in [-0.2, 0) is 0 Å². The standard InChI is InChI=1S/C15H22N2O2/c1-12(9-16)11-19-15-8-14(5-4-13(15)10-18)17-6-2-3-7-17/h4-5,8,10,12H,2-3,6-7,9,11,16H2,1H3. The molecule has 1 saturated heterocycles. The van der Waals surface area contributed by atoms with Gasteiger partial charge < -0.3 is 15.4 Å². The maximum atomic E-state index is 11.1. The second-order valence-corrected chi connectivity index (χ2v) is 5.19. The van der Waals surface area contributed by atoms with Crippen LogP contribution < -0.4 is 15.4 Å². The SMILES string of the molecule is CC(CN)COc1cc(N2CCCC2)ccc1C=O. The molecule has 0 radical (unpaired) electrons. The smallest absolute Gasteiger partial charge is 0.153 e. The third-order valence-electron chi connectivity index (χ3n) is 3.52. The molecule has 1 aromatic rings. The molecule has 0 spiro atoms. The zero-order chi connectivity index (χ0) is 13.7. The minimum atomic E-state index is 0.287. The summed E-state index contributed by atoms with van der Waals surface area (Å²) in [5, 5.41) is 0. The van der Waals surface area contributed by atoms with E-state index in [2.05, 4.69) is 4.90 Å². The first-order valence-electron chi connectivity index (χ1n) is 6.91. The highest BCUT2D eigenvalue weighted by atomic mass is 16.5. The lowest BCUT2D eigenvalue weighted by Gasteiger charge is -2.20. The van der Waals surface area contributed by atoms with Crippen molar-refractivity contribution in [2.24, 2.45) is 11.7 Å². The third kappa shape index (κ3) is 3.47. The Balaban J connectivity index is 2.13. The Labute approximate surface area is 114 Å². The average Bonchev–Trinajstić information content (AvgIpc) is 2.98. The van der Waals surface area contributed by atoms with Crippen molar-refractivity contribution in [3.63, 3.8) is 0 Å². The Morgan fingerprint density at radius 3 is 2.79 bits per heavy atom. The minimum Gasteiger partial charge on any atom is -0.492 e. The fraction of sp³-hybridized carbons (Fsp3) is 0.533. The maximum Gasteiger partial charge on any atom is 0.153 e. The second-order valence-electron chi connectivity index (χ2n) is 5.19. The van der Waals surface area contributed by atoms with Gasteiger partial charge in [0.25, 0.3) is 0 Å². The van der Waals surface area contributed by atoms with Crippen molar-refractivity contribution in [3.8, 4) is 5.75 Å². The van der Waals surface area contributed by atoms with Crippen molar-refractivity contribution in [1.29, 1.82) is 0 Å². The normalized spacial score (nSPS) is 16.4. The molecule has 1 atom stereocenters. The number of carbonyl (C=O) groups is 1. The van der Waals surface area contributed by atoms with E-state index in [1.165, 1.54) is 12.8 Å². The van der Waals surface area contributed by atoms with Gasteiger partial charge >= 0.3 is 0 Å². The zero-order valence-electron chi connectivity index (χ0n) is 11.5. The van der Waals surface area contributed by atoms with Crippen LogP contribution >= 0.6 is 0 Å². The highest BCUT2D eigenvalue weighted by molar-refractivity contribution is 5.80. The van der Waals surface area contributed by atoms with Crippen molar-refractivity contribution in [2.75, 3.05) is 31.1 Å². The Morgan fingerprint density at radius 2 is 2.16 bits per heavy atom. The lowest BCUT2D eigenvalue weighted by atomic mass is 10.1. The summed E-state index contributed by atoms with van der Waals surface area (Å²) in [5.41, 5.74) is 7.32. The molecule has 0 amide bonds. The quantitative estimate of drug-likeness (QED) is 0.797. The van der Waals surface area contributed by atoms with Crippen molar-refractivity contribution >= 4 is 12.0 Å². The monoisotopic (exact) mass is 262 g/mol. The van der Waals surface area contributed by atoms with E-state index in [4.69, 9.17) is 10.5 Å². The number of benzene rings is 1. The van der Waals surface area contributed by atoms with Gasteiger partial charge in [-0.3, -0.25) is 4.79 Å². The molecule has 0 aliphatic carbocycles. The summed E-state index contributed by atoms with van der Waals surface area (Å²) < 4.78 is 5.74.